The van der Waals surface area contributed by atoms with Gasteiger partial charge in [0, 0.05) is 22.7 Å². The van der Waals surface area contributed by atoms with Crippen molar-refractivity contribution in [2.24, 2.45) is 0 Å². The van der Waals surface area contributed by atoms with Crippen LogP contribution in [0.3, 0.4) is 0 Å². The fourth-order valence-electron chi connectivity index (χ4n) is 1.73. The van der Waals surface area contributed by atoms with Crippen LogP contribution in [0.1, 0.15) is 18.1 Å². The van der Waals surface area contributed by atoms with Gasteiger partial charge in [0.1, 0.15) is 0 Å². The molecule has 19 heavy (non-hydrogen) atoms. The molecule has 0 bridgehead atoms. The van der Waals surface area contributed by atoms with Gasteiger partial charge >= 0.3 is 5.97 Å². The van der Waals surface area contributed by atoms with Crippen molar-refractivity contribution in [1.29, 1.82) is 5.26 Å². The van der Waals surface area contributed by atoms with Crippen molar-refractivity contribution in [2.75, 3.05) is 6.61 Å². The van der Waals surface area contributed by atoms with E-state index in [-0.39, 0.29) is 6.61 Å². The summed E-state index contributed by atoms with van der Waals surface area (Å²) in [5.74, 6) is -1.96. The highest BCUT2D eigenvalue weighted by Gasteiger charge is 2.11. The molecular weight excluding hydrogens is 247 g/mol. The van der Waals surface area contributed by atoms with Crippen LogP contribution in [-0.2, 0) is 9.53 Å². The van der Waals surface area contributed by atoms with Crippen LogP contribution in [0.15, 0.2) is 30.2 Å². The number of hydrogen-bond acceptors (Lipinski definition) is 3. The molecule has 0 atom stereocenters. The summed E-state index contributed by atoms with van der Waals surface area (Å²) in [5, 5.41) is 9.52. The molecule has 4 nitrogen and oxygen atoms in total. The number of aromatic nitrogens is 1. The van der Waals surface area contributed by atoms with Crippen LogP contribution in [0.25, 0.3) is 17.0 Å². The Hall–Kier alpha value is -2.61. The Morgan fingerprint density at radius 3 is 3.05 bits per heavy atom. The van der Waals surface area contributed by atoms with Gasteiger partial charge in [-0.2, -0.15) is 9.65 Å². The maximum Gasteiger partial charge on any atom is 0.367 e. The van der Waals surface area contributed by atoms with Gasteiger partial charge in [-0.15, -0.1) is 0 Å². The molecule has 0 saturated carbocycles. The number of fused-ring (bicyclic) bond motifs is 1. The topological polar surface area (TPSA) is 65.9 Å². The molecule has 2 aromatic rings. The molecule has 1 aromatic carbocycles. The zero-order valence-corrected chi connectivity index (χ0v) is 10.2. The van der Waals surface area contributed by atoms with Gasteiger partial charge in [0.2, 0.25) is 5.83 Å². The van der Waals surface area contributed by atoms with E-state index in [1.54, 1.807) is 31.3 Å². The molecule has 0 amide bonds. The van der Waals surface area contributed by atoms with E-state index >= 15 is 0 Å². The molecule has 0 radical (unpaired) electrons. The van der Waals surface area contributed by atoms with Crippen LogP contribution >= 0.6 is 0 Å². The molecule has 0 aliphatic carbocycles. The van der Waals surface area contributed by atoms with Gasteiger partial charge in [-0.05, 0) is 31.2 Å². The molecule has 0 aliphatic heterocycles. The quantitative estimate of drug-likeness (QED) is 0.680. The van der Waals surface area contributed by atoms with Gasteiger partial charge in [-0.25, -0.2) is 4.79 Å². The second kappa shape index (κ2) is 5.36. The van der Waals surface area contributed by atoms with Crippen LogP contribution < -0.4 is 0 Å². The fourth-order valence-corrected chi connectivity index (χ4v) is 1.73. The zero-order chi connectivity index (χ0) is 13.8. The van der Waals surface area contributed by atoms with E-state index in [9.17, 15) is 9.18 Å². The fraction of sp³-hybridized carbons (Fsp3) is 0.143. The van der Waals surface area contributed by atoms with Gasteiger partial charge in [-0.3, -0.25) is 0 Å². The zero-order valence-electron chi connectivity index (χ0n) is 10.2. The first-order valence-electron chi connectivity index (χ1n) is 5.71. The van der Waals surface area contributed by atoms with E-state index in [4.69, 9.17) is 5.26 Å². The van der Waals surface area contributed by atoms with Crippen molar-refractivity contribution < 1.29 is 13.9 Å². The summed E-state index contributed by atoms with van der Waals surface area (Å²) < 4.78 is 18.1. The average Bonchev–Trinajstić information content (AvgIpc) is 2.81. The minimum atomic E-state index is -0.992. The van der Waals surface area contributed by atoms with E-state index in [0.29, 0.717) is 16.5 Å². The Morgan fingerprint density at radius 1 is 1.58 bits per heavy atom. The molecule has 0 fully saturated rings. The summed E-state index contributed by atoms with van der Waals surface area (Å²) in [6.45, 7) is 1.72. The molecule has 96 valence electrons. The smallest absolute Gasteiger partial charge is 0.367 e. The van der Waals surface area contributed by atoms with Crippen LogP contribution in [0.5, 0.6) is 0 Å². The van der Waals surface area contributed by atoms with Crippen LogP contribution in [0.4, 0.5) is 4.39 Å². The van der Waals surface area contributed by atoms with Crippen molar-refractivity contribution in [3.63, 3.8) is 0 Å². The third-order valence-electron chi connectivity index (χ3n) is 2.60. The van der Waals surface area contributed by atoms with Gasteiger partial charge in [0.25, 0.3) is 0 Å². The summed E-state index contributed by atoms with van der Waals surface area (Å²) in [6, 6.07) is 7.04. The minimum Gasteiger partial charge on any atom is -0.461 e. The minimum absolute atomic E-state index is 0.118. The predicted molar refractivity (Wildman–Crippen MR) is 68.7 cm³/mol. The first kappa shape index (κ1) is 12.8. The molecule has 0 saturated heterocycles. The molecule has 5 heteroatoms. The number of ether oxygens (including phenoxy) is 1. The van der Waals surface area contributed by atoms with Crippen molar-refractivity contribution in [1.82, 2.24) is 4.98 Å². The first-order valence-corrected chi connectivity index (χ1v) is 5.71. The SMILES string of the molecule is CCOC(=O)C(F)=Cc1c[nH]c2ccc(C#N)cc12. The second-order valence-electron chi connectivity index (χ2n) is 3.83. The number of nitrogens with one attached hydrogen (secondary N) is 1. The summed E-state index contributed by atoms with van der Waals surface area (Å²) in [6.07, 6.45) is 2.67. The van der Waals surface area contributed by atoms with Gasteiger partial charge in [-0.1, -0.05) is 0 Å². The monoisotopic (exact) mass is 258 g/mol. The lowest BCUT2D eigenvalue weighted by molar-refractivity contribution is -0.140. The van der Waals surface area contributed by atoms with E-state index in [0.717, 1.165) is 11.6 Å². The number of benzene rings is 1. The highest BCUT2D eigenvalue weighted by Crippen LogP contribution is 2.22. The summed E-state index contributed by atoms with van der Waals surface area (Å²) in [7, 11) is 0. The highest BCUT2D eigenvalue weighted by atomic mass is 19.1. The number of halogens is 1. The molecule has 1 N–H and O–H groups in total. The molecule has 2 rings (SSSR count). The molecule has 0 spiro atoms. The standard InChI is InChI=1S/C14H11FN2O2/c1-2-19-14(18)12(15)6-10-8-17-13-4-3-9(7-16)5-11(10)13/h3-6,8,17H,2H2,1H3. The number of hydrogen-bond donors (Lipinski definition) is 1. The largest absolute Gasteiger partial charge is 0.461 e. The summed E-state index contributed by atoms with van der Waals surface area (Å²) in [5.41, 5.74) is 1.73. The Labute approximate surface area is 109 Å². The van der Waals surface area contributed by atoms with Crippen molar-refractivity contribution in [2.45, 2.75) is 6.92 Å². The lowest BCUT2D eigenvalue weighted by Gasteiger charge is -1.98. The van der Waals surface area contributed by atoms with Crippen molar-refractivity contribution >= 4 is 22.9 Å². The lowest BCUT2D eigenvalue weighted by Crippen LogP contribution is -2.03. The Kier molecular flexibility index (Phi) is 3.62. The number of nitriles is 1. The number of H-pyrrole nitrogens is 1. The highest BCUT2D eigenvalue weighted by molar-refractivity contribution is 5.96. The number of aromatic amines is 1. The summed E-state index contributed by atoms with van der Waals surface area (Å²) >= 11 is 0. The molecular formula is C14H11FN2O2. The van der Waals surface area contributed by atoms with Gasteiger partial charge in [0.05, 0.1) is 18.2 Å². The molecule has 1 aromatic heterocycles. The van der Waals surface area contributed by atoms with Gasteiger partial charge in [0.15, 0.2) is 0 Å². The number of carbonyl (C=O) groups is 1. The second-order valence-corrected chi connectivity index (χ2v) is 3.83. The van der Waals surface area contributed by atoms with Crippen LogP contribution in [-0.4, -0.2) is 17.6 Å². The molecule has 0 aliphatic rings. The van der Waals surface area contributed by atoms with Crippen LogP contribution in [0.2, 0.25) is 0 Å². The average molecular weight is 258 g/mol. The Balaban J connectivity index is 2.43. The van der Waals surface area contributed by atoms with E-state index in [1.165, 1.54) is 0 Å². The van der Waals surface area contributed by atoms with Crippen molar-refractivity contribution in [3.05, 3.63) is 41.3 Å². The van der Waals surface area contributed by atoms with E-state index < -0.39 is 11.8 Å². The number of nitrogens with zero attached hydrogens (tertiary/aromatic N) is 1. The lowest BCUT2D eigenvalue weighted by atomic mass is 10.1. The maximum absolute atomic E-state index is 13.6. The Morgan fingerprint density at radius 2 is 2.37 bits per heavy atom. The van der Waals surface area contributed by atoms with E-state index in [1.807, 2.05) is 6.07 Å². The molecule has 0 unspecified atom stereocenters. The third-order valence-corrected chi connectivity index (χ3v) is 2.60. The number of carbonyl (C=O) groups excluding carboxylic acids is 1. The number of esters is 1. The first-order chi connectivity index (χ1) is 9.15. The normalized spacial score (nSPS) is 11.3. The maximum atomic E-state index is 13.6. The van der Waals surface area contributed by atoms with Gasteiger partial charge < -0.3 is 9.72 Å². The predicted octanol–water partition coefficient (Wildman–Crippen LogP) is 2.91. The summed E-state index contributed by atoms with van der Waals surface area (Å²) in [4.78, 5) is 14.1. The van der Waals surface area contributed by atoms with Crippen molar-refractivity contribution in [3.8, 4) is 6.07 Å². The third kappa shape index (κ3) is 2.63. The Bertz CT molecular complexity index is 695. The molecule has 1 heterocycles. The van der Waals surface area contributed by atoms with E-state index in [2.05, 4.69) is 9.72 Å². The number of rotatable bonds is 3. The van der Waals surface area contributed by atoms with Crippen LogP contribution in [0, 0.1) is 11.3 Å².